The number of thiol groups is 1. The molecule has 0 aromatic heterocycles. The van der Waals surface area contributed by atoms with E-state index in [1.165, 1.54) is 28.9 Å². The molecule has 0 heterocycles. The van der Waals surface area contributed by atoms with Crippen LogP contribution in [0.4, 0.5) is 0 Å². The fraction of sp³-hybridized carbons (Fsp3) is 0.500. The molecule has 0 saturated carbocycles. The molecule has 50 valence electrons. The highest BCUT2D eigenvalue weighted by atomic mass is 32.1. The molecule has 0 nitrogen and oxygen atoms in total. The first-order valence-corrected chi connectivity index (χ1v) is 3.72. The molecule has 0 saturated heterocycles. The van der Waals surface area contributed by atoms with Crippen molar-refractivity contribution in [3.05, 3.63) is 22.1 Å². The zero-order chi connectivity index (χ0) is 6.85. The van der Waals surface area contributed by atoms with Crippen LogP contribution in [0.1, 0.15) is 26.7 Å². The molecule has 0 N–H and O–H groups in total. The summed E-state index contributed by atoms with van der Waals surface area (Å²) in [4.78, 5) is 1.17. The van der Waals surface area contributed by atoms with E-state index < -0.39 is 0 Å². The highest BCUT2D eigenvalue weighted by Gasteiger charge is 2.03. The first kappa shape index (κ1) is 6.94. The first-order valence-electron chi connectivity index (χ1n) is 3.27. The molecule has 1 heteroatoms. The molecule has 0 aromatic carbocycles. The molecule has 0 aliphatic heterocycles. The van der Waals surface area contributed by atoms with Crippen molar-refractivity contribution >= 4 is 12.6 Å². The van der Waals surface area contributed by atoms with Crippen LogP contribution in [0.25, 0.3) is 0 Å². The summed E-state index contributed by atoms with van der Waals surface area (Å²) in [6.07, 6.45) is 4.57. The van der Waals surface area contributed by atoms with Gasteiger partial charge in [0.15, 0.2) is 0 Å². The fourth-order valence-corrected chi connectivity index (χ4v) is 1.30. The third-order valence-electron chi connectivity index (χ3n) is 1.88. The smallest absolute Gasteiger partial charge is 0.00288 e. The lowest BCUT2D eigenvalue weighted by Gasteiger charge is -2.11. The second-order valence-electron chi connectivity index (χ2n) is 2.53. The Bertz CT molecular complexity index is 175. The highest BCUT2D eigenvalue weighted by Crippen LogP contribution is 2.26. The maximum atomic E-state index is 4.32. The molecule has 0 radical (unpaired) electrons. The minimum atomic E-state index is 1.17. The van der Waals surface area contributed by atoms with Crippen molar-refractivity contribution in [3.8, 4) is 0 Å². The van der Waals surface area contributed by atoms with Crippen LogP contribution in [0.3, 0.4) is 0 Å². The minimum absolute atomic E-state index is 1.17. The molecule has 0 bridgehead atoms. The summed E-state index contributed by atoms with van der Waals surface area (Å²) in [5.41, 5.74) is 2.85. The maximum Gasteiger partial charge on any atom is 0.00288 e. The van der Waals surface area contributed by atoms with Gasteiger partial charge in [-0.1, -0.05) is 11.6 Å². The Morgan fingerprint density at radius 1 is 1.44 bits per heavy atom. The van der Waals surface area contributed by atoms with Crippen LogP contribution >= 0.6 is 12.6 Å². The van der Waals surface area contributed by atoms with Gasteiger partial charge < -0.3 is 0 Å². The zero-order valence-corrected chi connectivity index (χ0v) is 6.83. The van der Waals surface area contributed by atoms with Gasteiger partial charge in [-0.05, 0) is 32.3 Å². The molecule has 0 unspecified atom stereocenters. The molecule has 0 aromatic rings. The minimum Gasteiger partial charge on any atom is -0.143 e. The molecular formula is C8H12S. The second-order valence-corrected chi connectivity index (χ2v) is 3.02. The van der Waals surface area contributed by atoms with Crippen molar-refractivity contribution in [2.24, 2.45) is 0 Å². The lowest BCUT2D eigenvalue weighted by molar-refractivity contribution is 0.935. The van der Waals surface area contributed by atoms with Crippen molar-refractivity contribution in [1.29, 1.82) is 0 Å². The van der Waals surface area contributed by atoms with Crippen molar-refractivity contribution in [1.82, 2.24) is 0 Å². The van der Waals surface area contributed by atoms with E-state index in [-0.39, 0.29) is 0 Å². The Morgan fingerprint density at radius 2 is 2.11 bits per heavy atom. The summed E-state index contributed by atoms with van der Waals surface area (Å²) in [5.74, 6) is 0. The van der Waals surface area contributed by atoms with Crippen LogP contribution in [0.15, 0.2) is 22.1 Å². The summed E-state index contributed by atoms with van der Waals surface area (Å²) < 4.78 is 0. The zero-order valence-electron chi connectivity index (χ0n) is 5.94. The van der Waals surface area contributed by atoms with Crippen LogP contribution in [-0.4, -0.2) is 0 Å². The van der Waals surface area contributed by atoms with Gasteiger partial charge in [0.2, 0.25) is 0 Å². The quantitative estimate of drug-likeness (QED) is 0.491. The first-order chi connectivity index (χ1) is 4.22. The van der Waals surface area contributed by atoms with Gasteiger partial charge in [-0.3, -0.25) is 0 Å². The molecule has 0 atom stereocenters. The summed E-state index contributed by atoms with van der Waals surface area (Å²) in [7, 11) is 0. The largest absolute Gasteiger partial charge is 0.143 e. The fourth-order valence-electron chi connectivity index (χ4n) is 0.985. The molecule has 0 amide bonds. The van der Waals surface area contributed by atoms with Gasteiger partial charge in [-0.2, -0.15) is 0 Å². The number of rotatable bonds is 0. The summed E-state index contributed by atoms with van der Waals surface area (Å²) >= 11 is 4.32. The Hall–Kier alpha value is -0.170. The summed E-state index contributed by atoms with van der Waals surface area (Å²) in [5, 5.41) is 0. The predicted octanol–water partition coefficient (Wildman–Crippen LogP) is 2.93. The highest BCUT2D eigenvalue weighted by molar-refractivity contribution is 7.84. The van der Waals surface area contributed by atoms with E-state index in [2.05, 4.69) is 32.6 Å². The van der Waals surface area contributed by atoms with Gasteiger partial charge in [-0.15, -0.1) is 12.6 Å². The molecule has 0 fully saturated rings. The Kier molecular flexibility index (Phi) is 2.01. The summed E-state index contributed by atoms with van der Waals surface area (Å²) in [6, 6.07) is 0. The average molecular weight is 140 g/mol. The number of hydrogen-bond donors (Lipinski definition) is 1. The van der Waals surface area contributed by atoms with Crippen LogP contribution < -0.4 is 0 Å². The van der Waals surface area contributed by atoms with Gasteiger partial charge in [0.1, 0.15) is 0 Å². The Morgan fingerprint density at radius 3 is 2.56 bits per heavy atom. The average Bonchev–Trinajstić information content (AvgIpc) is 1.83. The summed E-state index contributed by atoms with van der Waals surface area (Å²) in [6.45, 7) is 4.31. The standard InChI is InChI=1S/C8H12S/c1-6-4-3-5-8(9)7(6)2/h5,9H,3-4H2,1-2H3. The van der Waals surface area contributed by atoms with Crippen molar-refractivity contribution in [3.63, 3.8) is 0 Å². The van der Waals surface area contributed by atoms with Crippen LogP contribution in [0.2, 0.25) is 0 Å². The van der Waals surface area contributed by atoms with E-state index in [1.807, 2.05) is 0 Å². The van der Waals surface area contributed by atoms with Crippen molar-refractivity contribution < 1.29 is 0 Å². The van der Waals surface area contributed by atoms with Gasteiger partial charge in [0.05, 0.1) is 0 Å². The van der Waals surface area contributed by atoms with E-state index in [4.69, 9.17) is 0 Å². The lowest BCUT2D eigenvalue weighted by atomic mass is 10.0. The van der Waals surface area contributed by atoms with E-state index in [0.29, 0.717) is 0 Å². The van der Waals surface area contributed by atoms with E-state index in [9.17, 15) is 0 Å². The van der Waals surface area contributed by atoms with Crippen LogP contribution in [0.5, 0.6) is 0 Å². The second kappa shape index (κ2) is 2.61. The van der Waals surface area contributed by atoms with Crippen molar-refractivity contribution in [2.75, 3.05) is 0 Å². The van der Waals surface area contributed by atoms with E-state index in [0.717, 1.165) is 0 Å². The monoisotopic (exact) mass is 140 g/mol. The van der Waals surface area contributed by atoms with Gasteiger partial charge in [0, 0.05) is 4.91 Å². The third-order valence-corrected chi connectivity index (χ3v) is 2.40. The topological polar surface area (TPSA) is 0 Å². The molecular weight excluding hydrogens is 128 g/mol. The number of allylic oxidation sites excluding steroid dienone is 3. The van der Waals surface area contributed by atoms with Crippen molar-refractivity contribution in [2.45, 2.75) is 26.7 Å². The molecule has 1 aliphatic carbocycles. The molecule has 1 rings (SSSR count). The van der Waals surface area contributed by atoms with Gasteiger partial charge >= 0.3 is 0 Å². The lowest BCUT2D eigenvalue weighted by Crippen LogP contribution is -1.90. The normalized spacial score (nSPS) is 20.1. The Labute approximate surface area is 62.1 Å². The Balaban J connectivity index is 2.88. The van der Waals surface area contributed by atoms with E-state index >= 15 is 0 Å². The van der Waals surface area contributed by atoms with Gasteiger partial charge in [0.25, 0.3) is 0 Å². The molecule has 1 aliphatic rings. The predicted molar refractivity (Wildman–Crippen MR) is 44.7 cm³/mol. The molecule has 9 heavy (non-hydrogen) atoms. The SMILES string of the molecule is CC1=C(C)C(S)=CCC1. The van der Waals surface area contributed by atoms with E-state index in [1.54, 1.807) is 0 Å². The maximum absolute atomic E-state index is 4.32. The number of hydrogen-bond acceptors (Lipinski definition) is 1. The van der Waals surface area contributed by atoms with Gasteiger partial charge in [-0.25, -0.2) is 0 Å². The third kappa shape index (κ3) is 1.39. The van der Waals surface area contributed by atoms with Crippen LogP contribution in [0, 0.1) is 0 Å². The van der Waals surface area contributed by atoms with Crippen LogP contribution in [-0.2, 0) is 0 Å². The molecule has 0 spiro atoms.